The molecule has 0 fully saturated rings. The van der Waals surface area contributed by atoms with Crippen molar-refractivity contribution in [3.63, 3.8) is 0 Å². The number of carbonyl (C=O) groups is 1. The highest BCUT2D eigenvalue weighted by Crippen LogP contribution is 2.20. The van der Waals surface area contributed by atoms with Crippen LogP contribution in [0.25, 0.3) is 0 Å². The summed E-state index contributed by atoms with van der Waals surface area (Å²) in [5, 5.41) is 2.30. The van der Waals surface area contributed by atoms with Gasteiger partial charge in [-0.1, -0.05) is 17.7 Å². The van der Waals surface area contributed by atoms with Gasteiger partial charge in [-0.2, -0.15) is 0 Å². The number of pyridine rings is 1. The van der Waals surface area contributed by atoms with Gasteiger partial charge in [-0.05, 0) is 17.5 Å². The Morgan fingerprint density at radius 2 is 2.42 bits per heavy atom. The van der Waals surface area contributed by atoms with Crippen LogP contribution in [-0.2, 0) is 6.54 Å². The van der Waals surface area contributed by atoms with Gasteiger partial charge in [0, 0.05) is 18.1 Å². The molecule has 0 spiro atoms. The molecule has 2 heterocycles. The van der Waals surface area contributed by atoms with Crippen molar-refractivity contribution in [2.45, 2.75) is 6.54 Å². The van der Waals surface area contributed by atoms with Crippen molar-refractivity contribution in [1.29, 1.82) is 0 Å². The number of aromatic nitrogens is 1. The average molecular weight is 297 g/mol. The van der Waals surface area contributed by atoms with Gasteiger partial charge >= 0.3 is 0 Å². The third kappa shape index (κ3) is 3.23. The fourth-order valence-electron chi connectivity index (χ4n) is 1.59. The summed E-state index contributed by atoms with van der Waals surface area (Å²) in [6.45, 7) is 0.561. The smallest absolute Gasteiger partial charge is 0.255 e. The molecule has 2 aromatic heterocycles. The van der Waals surface area contributed by atoms with Crippen LogP contribution in [0.5, 0.6) is 0 Å². The molecule has 0 aromatic carbocycles. The summed E-state index contributed by atoms with van der Waals surface area (Å²) in [7, 11) is 1.74. The van der Waals surface area contributed by atoms with Crippen LogP contribution in [0.1, 0.15) is 15.2 Å². The van der Waals surface area contributed by atoms with E-state index >= 15 is 0 Å². The number of nitrogens with one attached hydrogen (secondary N) is 1. The maximum absolute atomic E-state index is 12.2. The highest BCUT2D eigenvalue weighted by molar-refractivity contribution is 7.09. The van der Waals surface area contributed by atoms with Crippen molar-refractivity contribution < 1.29 is 4.79 Å². The molecular weight excluding hydrogens is 284 g/mol. The number of nitrogens with two attached hydrogens (primary N) is 1. The summed E-state index contributed by atoms with van der Waals surface area (Å²) < 4.78 is 0. The zero-order chi connectivity index (χ0) is 13.8. The lowest BCUT2D eigenvalue weighted by Gasteiger charge is -2.16. The molecule has 1 amide bonds. The van der Waals surface area contributed by atoms with E-state index in [1.807, 2.05) is 17.5 Å². The maximum Gasteiger partial charge on any atom is 0.255 e. The standard InChI is InChI=1S/C12H13ClN4OS/c1-17(7-9-3-2-4-19-9)12(18)8-5-10(13)11(16-14)15-6-8/h2-6H,7,14H2,1H3,(H,15,16). The lowest BCUT2D eigenvalue weighted by Crippen LogP contribution is -2.26. The molecule has 0 aliphatic heterocycles. The lowest BCUT2D eigenvalue weighted by molar-refractivity contribution is 0.0786. The van der Waals surface area contributed by atoms with Gasteiger partial charge in [0.2, 0.25) is 0 Å². The first-order chi connectivity index (χ1) is 9.11. The number of hydrogen-bond donors (Lipinski definition) is 2. The maximum atomic E-state index is 12.2. The summed E-state index contributed by atoms with van der Waals surface area (Å²) in [4.78, 5) is 18.9. The lowest BCUT2D eigenvalue weighted by atomic mass is 10.2. The van der Waals surface area contributed by atoms with Crippen molar-refractivity contribution in [2.75, 3.05) is 12.5 Å². The van der Waals surface area contributed by atoms with Crippen molar-refractivity contribution in [3.05, 3.63) is 45.2 Å². The van der Waals surface area contributed by atoms with Gasteiger partial charge in [0.05, 0.1) is 17.1 Å². The number of nitrogen functional groups attached to an aromatic ring is 1. The molecule has 0 saturated carbocycles. The molecule has 2 aromatic rings. The van der Waals surface area contributed by atoms with E-state index in [1.165, 1.54) is 6.20 Å². The highest BCUT2D eigenvalue weighted by atomic mass is 35.5. The normalized spacial score (nSPS) is 10.3. The SMILES string of the molecule is CN(Cc1cccs1)C(=O)c1cnc(NN)c(Cl)c1. The summed E-state index contributed by atoms with van der Waals surface area (Å²) in [6, 6.07) is 5.50. The van der Waals surface area contributed by atoms with Crippen LogP contribution < -0.4 is 11.3 Å². The van der Waals surface area contributed by atoms with Gasteiger partial charge in [0.1, 0.15) is 0 Å². The summed E-state index contributed by atoms with van der Waals surface area (Å²) in [6.07, 6.45) is 1.45. The fourth-order valence-corrected chi connectivity index (χ4v) is 2.57. The van der Waals surface area contributed by atoms with Gasteiger partial charge < -0.3 is 10.3 Å². The molecule has 0 aliphatic rings. The number of thiophene rings is 1. The second kappa shape index (κ2) is 6.01. The van der Waals surface area contributed by atoms with Gasteiger partial charge in [0.15, 0.2) is 5.82 Å². The molecule has 7 heteroatoms. The van der Waals surface area contributed by atoms with Gasteiger partial charge in [-0.25, -0.2) is 10.8 Å². The minimum atomic E-state index is -0.133. The monoisotopic (exact) mass is 296 g/mol. The topological polar surface area (TPSA) is 71.2 Å². The molecule has 0 aliphatic carbocycles. The molecule has 19 heavy (non-hydrogen) atoms. The summed E-state index contributed by atoms with van der Waals surface area (Å²) >= 11 is 7.56. The first kappa shape index (κ1) is 13.8. The Bertz CT molecular complexity index is 573. The molecule has 0 saturated heterocycles. The Kier molecular flexibility index (Phi) is 4.36. The van der Waals surface area contributed by atoms with Crippen LogP contribution in [0.4, 0.5) is 5.82 Å². The molecule has 5 nitrogen and oxygen atoms in total. The molecular formula is C12H13ClN4OS. The van der Waals surface area contributed by atoms with Crippen LogP contribution in [0, 0.1) is 0 Å². The zero-order valence-corrected chi connectivity index (χ0v) is 11.8. The van der Waals surface area contributed by atoms with Gasteiger partial charge in [0.25, 0.3) is 5.91 Å². The molecule has 100 valence electrons. The quantitative estimate of drug-likeness (QED) is 0.671. The number of nitrogens with zero attached hydrogens (tertiary/aromatic N) is 2. The van der Waals surface area contributed by atoms with E-state index < -0.39 is 0 Å². The predicted octanol–water partition coefficient (Wildman–Crippen LogP) is 2.35. The number of hydrogen-bond acceptors (Lipinski definition) is 5. The van der Waals surface area contributed by atoms with Crippen molar-refractivity contribution in [2.24, 2.45) is 5.84 Å². The van der Waals surface area contributed by atoms with Crippen molar-refractivity contribution in [3.8, 4) is 0 Å². The summed E-state index contributed by atoms with van der Waals surface area (Å²) in [5.41, 5.74) is 2.79. The highest BCUT2D eigenvalue weighted by Gasteiger charge is 2.14. The van der Waals surface area contributed by atoms with Crippen LogP contribution in [0.2, 0.25) is 5.02 Å². The number of halogens is 1. The Balaban J connectivity index is 2.12. The van der Waals surface area contributed by atoms with Crippen LogP contribution in [0.15, 0.2) is 29.8 Å². The van der Waals surface area contributed by atoms with Crippen LogP contribution in [0.3, 0.4) is 0 Å². The Hall–Kier alpha value is -1.63. The first-order valence-corrected chi connectivity index (χ1v) is 6.77. The van der Waals surface area contributed by atoms with E-state index in [1.54, 1.807) is 29.4 Å². The second-order valence-corrected chi connectivity index (χ2v) is 5.38. The number of rotatable bonds is 4. The first-order valence-electron chi connectivity index (χ1n) is 5.52. The zero-order valence-electron chi connectivity index (χ0n) is 10.3. The molecule has 2 rings (SSSR count). The Labute approximate surface area is 120 Å². The average Bonchev–Trinajstić information content (AvgIpc) is 2.90. The summed E-state index contributed by atoms with van der Waals surface area (Å²) in [5.74, 6) is 5.45. The number of amides is 1. The van der Waals surface area contributed by atoms with E-state index in [4.69, 9.17) is 17.4 Å². The Morgan fingerprint density at radius 3 is 3.00 bits per heavy atom. The third-order valence-electron chi connectivity index (χ3n) is 2.54. The van der Waals surface area contributed by atoms with Crippen molar-refractivity contribution >= 4 is 34.7 Å². The van der Waals surface area contributed by atoms with Gasteiger partial charge in [-0.3, -0.25) is 4.79 Å². The minimum absolute atomic E-state index is 0.133. The van der Waals surface area contributed by atoms with E-state index in [2.05, 4.69) is 10.4 Å². The number of carbonyl (C=O) groups excluding carboxylic acids is 1. The number of hydrazine groups is 1. The minimum Gasteiger partial charge on any atom is -0.337 e. The largest absolute Gasteiger partial charge is 0.337 e. The van der Waals surface area contributed by atoms with E-state index in [0.29, 0.717) is 22.9 Å². The number of anilines is 1. The second-order valence-electron chi connectivity index (χ2n) is 3.94. The van der Waals surface area contributed by atoms with Crippen LogP contribution in [-0.4, -0.2) is 22.8 Å². The van der Waals surface area contributed by atoms with E-state index in [9.17, 15) is 4.79 Å². The molecule has 3 N–H and O–H groups in total. The van der Waals surface area contributed by atoms with E-state index in [0.717, 1.165) is 4.88 Å². The third-order valence-corrected chi connectivity index (χ3v) is 3.69. The fraction of sp³-hybridized carbons (Fsp3) is 0.167. The van der Waals surface area contributed by atoms with Gasteiger partial charge in [-0.15, -0.1) is 11.3 Å². The van der Waals surface area contributed by atoms with Crippen molar-refractivity contribution in [1.82, 2.24) is 9.88 Å². The van der Waals surface area contributed by atoms with E-state index in [-0.39, 0.29) is 5.91 Å². The molecule has 0 unspecified atom stereocenters. The molecule has 0 radical (unpaired) electrons. The Morgan fingerprint density at radius 1 is 1.63 bits per heavy atom. The van der Waals surface area contributed by atoms with Crippen LogP contribution >= 0.6 is 22.9 Å². The molecule has 0 atom stereocenters. The predicted molar refractivity (Wildman–Crippen MR) is 77.2 cm³/mol. The molecule has 0 bridgehead atoms.